The van der Waals surface area contributed by atoms with Crippen molar-refractivity contribution in [3.63, 3.8) is 0 Å². The van der Waals surface area contributed by atoms with E-state index in [1.807, 2.05) is 20.8 Å². The van der Waals surface area contributed by atoms with E-state index in [2.05, 4.69) is 20.2 Å². The lowest BCUT2D eigenvalue weighted by Crippen LogP contribution is -2.41. The highest BCUT2D eigenvalue weighted by Gasteiger charge is 2.29. The van der Waals surface area contributed by atoms with Crippen LogP contribution < -0.4 is 5.56 Å². The van der Waals surface area contributed by atoms with Crippen molar-refractivity contribution in [2.45, 2.75) is 45.1 Å². The fraction of sp³-hybridized carbons (Fsp3) is 0.375. The van der Waals surface area contributed by atoms with Crippen LogP contribution in [0.15, 0.2) is 45.8 Å². The summed E-state index contributed by atoms with van der Waals surface area (Å²) in [4.78, 5) is 34.0. The predicted octanol–water partition coefficient (Wildman–Crippen LogP) is 4.51. The Labute approximate surface area is 205 Å². The number of hydrogen-bond donors (Lipinski definition) is 1. The van der Waals surface area contributed by atoms with Crippen LogP contribution in [-0.4, -0.2) is 54.4 Å². The number of nitrogens with zero attached hydrogens (tertiary/aromatic N) is 5. The van der Waals surface area contributed by atoms with Gasteiger partial charge in [-0.2, -0.15) is 10.1 Å². The number of aromatic nitrogens is 5. The average molecular weight is 497 g/mol. The van der Waals surface area contributed by atoms with E-state index in [1.54, 1.807) is 45.9 Å². The fourth-order valence-corrected chi connectivity index (χ4v) is 4.32. The van der Waals surface area contributed by atoms with Gasteiger partial charge in [0.05, 0.1) is 11.9 Å². The minimum absolute atomic E-state index is 0.0542. The Balaban J connectivity index is 1.40. The van der Waals surface area contributed by atoms with E-state index >= 15 is 0 Å². The molecule has 0 radical (unpaired) electrons. The van der Waals surface area contributed by atoms with Crippen molar-refractivity contribution >= 4 is 23.3 Å². The van der Waals surface area contributed by atoms with E-state index in [1.165, 1.54) is 0 Å². The summed E-state index contributed by atoms with van der Waals surface area (Å²) in [5.74, 6) is 0.708. The summed E-state index contributed by atoms with van der Waals surface area (Å²) < 4.78 is 12.7. The summed E-state index contributed by atoms with van der Waals surface area (Å²) in [6.45, 7) is 6.62. The van der Waals surface area contributed by atoms with Crippen molar-refractivity contribution in [1.29, 1.82) is 0 Å². The second-order valence-corrected chi connectivity index (χ2v) is 9.99. The molecular weight excluding hydrogens is 472 g/mol. The molecule has 10 nitrogen and oxygen atoms in total. The zero-order valence-corrected chi connectivity index (χ0v) is 20.4. The number of halogens is 1. The fourth-order valence-electron chi connectivity index (χ4n) is 4.19. The highest BCUT2D eigenvalue weighted by molar-refractivity contribution is 6.30. The maximum atomic E-state index is 12.6. The zero-order chi connectivity index (χ0) is 24.7. The van der Waals surface area contributed by atoms with Gasteiger partial charge in [0.25, 0.3) is 11.4 Å². The largest absolute Gasteiger partial charge is 0.444 e. The van der Waals surface area contributed by atoms with Crippen LogP contribution in [0.4, 0.5) is 4.79 Å². The molecule has 3 aromatic heterocycles. The lowest BCUT2D eigenvalue weighted by Gasteiger charge is -2.33. The number of rotatable bonds is 3. The van der Waals surface area contributed by atoms with Crippen LogP contribution in [0.5, 0.6) is 0 Å². The molecule has 0 spiro atoms. The number of likely N-dealkylation sites (tertiary alicyclic amines) is 1. The molecule has 182 valence electrons. The van der Waals surface area contributed by atoms with Gasteiger partial charge in [-0.1, -0.05) is 16.8 Å². The number of H-pyrrole nitrogens is 1. The number of fused-ring (bicyclic) bond motifs is 1. The number of amides is 1. The number of hydrogen-bond acceptors (Lipinski definition) is 7. The Morgan fingerprint density at radius 3 is 2.60 bits per heavy atom. The van der Waals surface area contributed by atoms with E-state index in [0.29, 0.717) is 48.0 Å². The van der Waals surface area contributed by atoms with Gasteiger partial charge in [-0.05, 0) is 57.9 Å². The number of piperidine rings is 1. The van der Waals surface area contributed by atoms with Crippen molar-refractivity contribution in [3.8, 4) is 22.8 Å². The molecule has 4 aromatic rings. The van der Waals surface area contributed by atoms with Crippen molar-refractivity contribution in [2.24, 2.45) is 0 Å². The standard InChI is InChI=1S/C24H25ClN6O4/c1-24(2,3)34-23(33)30-10-8-14(9-11-30)18-12-19(32)27-21-17(13-26-31(18)21)22-28-20(29-35-22)15-4-6-16(25)7-5-15/h4-7,12-14H,8-11H2,1-3H3,(H,27,32). The third-order valence-corrected chi connectivity index (χ3v) is 6.11. The van der Waals surface area contributed by atoms with Crippen LogP contribution in [0.3, 0.4) is 0 Å². The topological polar surface area (TPSA) is 119 Å². The number of ether oxygens (including phenoxy) is 1. The highest BCUT2D eigenvalue weighted by Crippen LogP contribution is 2.31. The zero-order valence-electron chi connectivity index (χ0n) is 19.6. The molecule has 5 rings (SSSR count). The SMILES string of the molecule is CC(C)(C)OC(=O)N1CCC(c2cc(=O)[nH]c3c(-c4nc(-c5ccc(Cl)cc5)no4)cnn23)CC1. The molecule has 0 saturated carbocycles. The van der Waals surface area contributed by atoms with Gasteiger partial charge < -0.3 is 19.1 Å². The number of aromatic amines is 1. The summed E-state index contributed by atoms with van der Waals surface area (Å²) in [7, 11) is 0. The van der Waals surface area contributed by atoms with Crippen LogP contribution in [0.2, 0.25) is 5.02 Å². The molecule has 11 heteroatoms. The molecule has 35 heavy (non-hydrogen) atoms. The quantitative estimate of drug-likeness (QED) is 0.443. The first-order valence-electron chi connectivity index (χ1n) is 11.4. The number of nitrogens with one attached hydrogen (secondary N) is 1. The smallest absolute Gasteiger partial charge is 0.410 e. The molecular formula is C24H25ClN6O4. The molecule has 0 atom stereocenters. The van der Waals surface area contributed by atoms with Crippen LogP contribution in [-0.2, 0) is 4.74 Å². The lowest BCUT2D eigenvalue weighted by atomic mass is 9.93. The first kappa shape index (κ1) is 23.1. The van der Waals surface area contributed by atoms with Crippen LogP contribution >= 0.6 is 11.6 Å². The molecule has 4 heterocycles. The third kappa shape index (κ3) is 4.79. The Morgan fingerprint density at radius 2 is 1.91 bits per heavy atom. The Hall–Kier alpha value is -3.66. The van der Waals surface area contributed by atoms with Crippen molar-refractivity contribution < 1.29 is 14.1 Å². The van der Waals surface area contributed by atoms with Gasteiger partial charge >= 0.3 is 6.09 Å². The molecule has 1 aliphatic heterocycles. The molecule has 1 aromatic carbocycles. The number of carbonyl (C=O) groups excluding carboxylic acids is 1. The van der Waals surface area contributed by atoms with Gasteiger partial charge in [-0.25, -0.2) is 9.31 Å². The van der Waals surface area contributed by atoms with E-state index in [4.69, 9.17) is 20.9 Å². The normalized spacial score (nSPS) is 15.0. The predicted molar refractivity (Wildman–Crippen MR) is 129 cm³/mol. The van der Waals surface area contributed by atoms with Gasteiger partial charge in [0.15, 0.2) is 0 Å². The van der Waals surface area contributed by atoms with Crippen molar-refractivity contribution in [3.05, 3.63) is 57.6 Å². The second kappa shape index (κ2) is 8.84. The highest BCUT2D eigenvalue weighted by atomic mass is 35.5. The van der Waals surface area contributed by atoms with Crippen molar-refractivity contribution in [2.75, 3.05) is 13.1 Å². The first-order chi connectivity index (χ1) is 16.7. The summed E-state index contributed by atoms with van der Waals surface area (Å²) in [5.41, 5.74) is 1.75. The molecule has 1 aliphatic rings. The Morgan fingerprint density at radius 1 is 1.20 bits per heavy atom. The summed E-state index contributed by atoms with van der Waals surface area (Å²) in [6, 6.07) is 8.66. The number of benzene rings is 1. The Bertz CT molecular complexity index is 1420. The van der Waals surface area contributed by atoms with Gasteiger partial charge in [-0.15, -0.1) is 0 Å². The van der Waals surface area contributed by atoms with Gasteiger partial charge in [-0.3, -0.25) is 4.79 Å². The second-order valence-electron chi connectivity index (χ2n) is 9.55. The van der Waals surface area contributed by atoms with Crippen LogP contribution in [0, 0.1) is 0 Å². The minimum atomic E-state index is -0.541. The number of carbonyl (C=O) groups is 1. The van der Waals surface area contributed by atoms with Gasteiger partial charge in [0, 0.05) is 35.7 Å². The van der Waals surface area contributed by atoms with E-state index in [9.17, 15) is 9.59 Å². The summed E-state index contributed by atoms with van der Waals surface area (Å²) in [5, 5.41) is 9.17. The van der Waals surface area contributed by atoms with Gasteiger partial charge in [0.2, 0.25) is 5.82 Å². The van der Waals surface area contributed by atoms with Crippen LogP contribution in [0.25, 0.3) is 28.5 Å². The van der Waals surface area contributed by atoms with E-state index < -0.39 is 5.60 Å². The molecule has 1 saturated heterocycles. The van der Waals surface area contributed by atoms with Crippen LogP contribution in [0.1, 0.15) is 45.2 Å². The van der Waals surface area contributed by atoms with E-state index in [0.717, 1.165) is 11.3 Å². The Kier molecular flexibility index (Phi) is 5.84. The average Bonchev–Trinajstić information content (AvgIpc) is 3.45. The monoisotopic (exact) mass is 496 g/mol. The van der Waals surface area contributed by atoms with Crippen molar-refractivity contribution in [1.82, 2.24) is 29.6 Å². The third-order valence-electron chi connectivity index (χ3n) is 5.86. The maximum Gasteiger partial charge on any atom is 0.410 e. The maximum absolute atomic E-state index is 12.6. The first-order valence-corrected chi connectivity index (χ1v) is 11.7. The molecule has 1 N–H and O–H groups in total. The summed E-state index contributed by atoms with van der Waals surface area (Å²) in [6.07, 6.45) is 2.66. The molecule has 0 unspecified atom stereocenters. The minimum Gasteiger partial charge on any atom is -0.444 e. The van der Waals surface area contributed by atoms with E-state index in [-0.39, 0.29) is 23.5 Å². The molecule has 1 amide bonds. The molecule has 1 fully saturated rings. The molecule has 0 aliphatic carbocycles. The van der Waals surface area contributed by atoms with Gasteiger partial charge in [0.1, 0.15) is 16.8 Å². The summed E-state index contributed by atoms with van der Waals surface area (Å²) >= 11 is 5.96. The molecule has 0 bridgehead atoms. The lowest BCUT2D eigenvalue weighted by molar-refractivity contribution is 0.0203.